The van der Waals surface area contributed by atoms with Gasteiger partial charge in [0.2, 0.25) is 0 Å². The van der Waals surface area contributed by atoms with E-state index in [0.717, 1.165) is 0 Å². The van der Waals surface area contributed by atoms with Crippen LogP contribution in [-0.4, -0.2) is 27.4 Å². The summed E-state index contributed by atoms with van der Waals surface area (Å²) in [6, 6.07) is 2.66. The Morgan fingerprint density at radius 1 is 1.30 bits per heavy atom. The van der Waals surface area contributed by atoms with Crippen LogP contribution in [0.1, 0.15) is 39.0 Å². The van der Waals surface area contributed by atoms with Crippen molar-refractivity contribution in [1.29, 1.82) is 0 Å². The molecule has 0 fully saturated rings. The number of hydrogen-bond donors (Lipinski definition) is 0. The lowest BCUT2D eigenvalue weighted by Crippen LogP contribution is -2.03. The Kier molecular flexibility index (Phi) is 10.3. The Morgan fingerprint density at radius 3 is 2.70 bits per heavy atom. The highest BCUT2D eigenvalue weighted by molar-refractivity contribution is 7.24. The maximum absolute atomic E-state index is 2.66. The Hall–Kier alpha value is 0.651. The van der Waals surface area contributed by atoms with Crippen LogP contribution in [0.5, 0.6) is 0 Å². The summed E-state index contributed by atoms with van der Waals surface area (Å²) in [6.45, 7) is 2.28. The van der Waals surface area contributed by atoms with Crippen LogP contribution < -0.4 is 0 Å². The van der Waals surface area contributed by atoms with Crippen molar-refractivity contribution in [3.05, 3.63) is 6.04 Å². The molecule has 0 aliphatic carbocycles. The predicted octanol–water partition coefficient (Wildman–Crippen LogP) is -0.348. The summed E-state index contributed by atoms with van der Waals surface area (Å²) in [5, 5.41) is 0. The molecule has 61 valence electrons. The van der Waals surface area contributed by atoms with Gasteiger partial charge in [-0.25, -0.2) is 0 Å². The molecule has 0 aliphatic rings. The zero-order valence-electron chi connectivity index (χ0n) is 7.53. The van der Waals surface area contributed by atoms with Gasteiger partial charge in [0, 0.05) is 9.04 Å². The maximum Gasteiger partial charge on any atom is 0.00837 e. The van der Waals surface area contributed by atoms with Gasteiger partial charge in [-0.05, 0) is 18.3 Å². The van der Waals surface area contributed by atoms with Crippen molar-refractivity contribution in [2.75, 3.05) is 0 Å². The minimum atomic E-state index is 0.463. The fraction of sp³-hybridized carbons (Fsp3) is 0.857. The zero-order chi connectivity index (χ0) is 7.66. The summed E-state index contributed by atoms with van der Waals surface area (Å²) in [7, 11) is 2.64. The Bertz CT molecular complexity index is 48.8. The third-order valence-electron chi connectivity index (χ3n) is 1.75. The lowest BCUT2D eigenvalue weighted by atomic mass is 10.2. The van der Waals surface area contributed by atoms with Crippen molar-refractivity contribution in [3.63, 3.8) is 0 Å². The topological polar surface area (TPSA) is 0 Å². The van der Waals surface area contributed by atoms with Gasteiger partial charge in [0.25, 0.3) is 0 Å². The standard InChI is InChI=1S/C7H21Si3/c1-2-3-4-5-6-7-9-10-8/h7H,2-6,9-10H2,1,8H3. The second-order valence-electron chi connectivity index (χ2n) is 2.93. The van der Waals surface area contributed by atoms with Crippen molar-refractivity contribution in [3.8, 4) is 0 Å². The van der Waals surface area contributed by atoms with Crippen LogP contribution in [0.3, 0.4) is 0 Å². The first-order chi connectivity index (χ1) is 4.91. The minimum Gasteiger partial charge on any atom is -0.0654 e. The van der Waals surface area contributed by atoms with E-state index < -0.39 is 0 Å². The molecule has 0 atom stereocenters. The van der Waals surface area contributed by atoms with E-state index in [1.165, 1.54) is 32.1 Å². The Labute approximate surface area is 72.8 Å². The van der Waals surface area contributed by atoms with E-state index >= 15 is 0 Å². The lowest BCUT2D eigenvalue weighted by molar-refractivity contribution is 0.670. The highest BCUT2D eigenvalue weighted by atomic mass is 29.5. The average molecular weight is 190 g/mol. The summed E-state index contributed by atoms with van der Waals surface area (Å²) < 4.78 is 0. The van der Waals surface area contributed by atoms with Crippen molar-refractivity contribution in [1.82, 2.24) is 0 Å². The maximum atomic E-state index is 2.66. The highest BCUT2D eigenvalue weighted by Crippen LogP contribution is 2.02. The fourth-order valence-corrected chi connectivity index (χ4v) is 7.81. The molecule has 0 aromatic heterocycles. The average Bonchev–Trinajstić information content (AvgIpc) is 1.97. The largest absolute Gasteiger partial charge is 0.0654 e. The molecular weight excluding hydrogens is 168 g/mol. The number of hydrogen-bond acceptors (Lipinski definition) is 0. The molecule has 0 saturated heterocycles. The van der Waals surface area contributed by atoms with Crippen LogP contribution >= 0.6 is 0 Å². The molecule has 3 heteroatoms. The predicted molar refractivity (Wildman–Crippen MR) is 60.1 cm³/mol. The summed E-state index contributed by atoms with van der Waals surface area (Å²) in [5.74, 6) is 0. The molecule has 0 rings (SSSR count). The summed E-state index contributed by atoms with van der Waals surface area (Å²) in [6.07, 6.45) is 7.25. The molecule has 0 unspecified atom stereocenters. The second-order valence-corrected chi connectivity index (χ2v) is 18.8. The molecule has 1 radical (unpaired) electrons. The van der Waals surface area contributed by atoms with Gasteiger partial charge in [-0.15, -0.1) is 0 Å². The first-order valence-corrected chi connectivity index (χ1v) is 15.2. The molecule has 0 amide bonds. The molecule has 0 saturated carbocycles. The van der Waals surface area contributed by atoms with Crippen LogP contribution in [0.25, 0.3) is 0 Å². The lowest BCUT2D eigenvalue weighted by Gasteiger charge is -1.96. The van der Waals surface area contributed by atoms with Crippen molar-refractivity contribution in [2.45, 2.75) is 39.0 Å². The second kappa shape index (κ2) is 9.65. The monoisotopic (exact) mass is 189 g/mol. The highest BCUT2D eigenvalue weighted by Gasteiger charge is 1.88. The van der Waals surface area contributed by atoms with Gasteiger partial charge in [-0.1, -0.05) is 45.1 Å². The molecule has 0 nitrogen and oxygen atoms in total. The Morgan fingerprint density at radius 2 is 2.10 bits per heavy atom. The third-order valence-corrected chi connectivity index (χ3v) is 11.3. The van der Waals surface area contributed by atoms with E-state index in [-0.39, 0.29) is 0 Å². The zero-order valence-corrected chi connectivity index (χ0v) is 12.4. The van der Waals surface area contributed by atoms with Crippen molar-refractivity contribution < 1.29 is 0 Å². The number of unbranched alkanes of at least 4 members (excludes halogenated alkanes) is 4. The van der Waals surface area contributed by atoms with Gasteiger partial charge in [-0.3, -0.25) is 0 Å². The number of rotatable bonds is 7. The summed E-state index contributed by atoms with van der Waals surface area (Å²) in [5.41, 5.74) is 0. The molecule has 0 N–H and O–H groups in total. The van der Waals surface area contributed by atoms with E-state index in [1.54, 1.807) is 9.76 Å². The van der Waals surface area contributed by atoms with Crippen LogP contribution in [0, 0.1) is 6.04 Å². The molecular formula is C7H21Si3. The molecule has 0 heterocycles. The van der Waals surface area contributed by atoms with E-state index in [1.807, 2.05) is 0 Å². The van der Waals surface area contributed by atoms with Gasteiger partial charge in [0.05, 0.1) is 0 Å². The van der Waals surface area contributed by atoms with E-state index in [2.05, 4.69) is 13.0 Å². The third kappa shape index (κ3) is 8.65. The molecule has 0 aromatic rings. The quantitative estimate of drug-likeness (QED) is 0.379. The van der Waals surface area contributed by atoms with Gasteiger partial charge >= 0.3 is 0 Å². The fourth-order valence-electron chi connectivity index (χ4n) is 1.06. The normalized spacial score (nSPS) is 12.9. The first-order valence-electron chi connectivity index (χ1n) is 4.73. The van der Waals surface area contributed by atoms with Crippen LogP contribution in [0.15, 0.2) is 0 Å². The molecule has 0 spiro atoms. The van der Waals surface area contributed by atoms with E-state index in [4.69, 9.17) is 0 Å². The smallest absolute Gasteiger partial charge is 0.00837 e. The summed E-state index contributed by atoms with van der Waals surface area (Å²) >= 11 is 0. The Balaban J connectivity index is 2.65. The van der Waals surface area contributed by atoms with Crippen LogP contribution in [0.2, 0.25) is 0 Å². The summed E-state index contributed by atoms with van der Waals surface area (Å²) in [4.78, 5) is 0. The SMILES string of the molecule is CCCCCC[CH][SiH2][SiH2][SiH3]. The van der Waals surface area contributed by atoms with Crippen LogP contribution in [0.4, 0.5) is 0 Å². The molecule has 0 aliphatic heterocycles. The van der Waals surface area contributed by atoms with E-state index in [0.29, 0.717) is 17.6 Å². The molecule has 0 bridgehead atoms. The minimum absolute atomic E-state index is 0.463. The van der Waals surface area contributed by atoms with Gasteiger partial charge in [-0.2, -0.15) is 0 Å². The van der Waals surface area contributed by atoms with Gasteiger partial charge in [0.15, 0.2) is 0 Å². The first kappa shape index (κ1) is 10.7. The van der Waals surface area contributed by atoms with Crippen molar-refractivity contribution in [2.24, 2.45) is 0 Å². The molecule has 0 aromatic carbocycles. The van der Waals surface area contributed by atoms with Crippen LogP contribution in [-0.2, 0) is 0 Å². The molecule has 10 heavy (non-hydrogen) atoms. The van der Waals surface area contributed by atoms with E-state index in [9.17, 15) is 0 Å². The van der Waals surface area contributed by atoms with Crippen molar-refractivity contribution >= 4 is 27.4 Å². The van der Waals surface area contributed by atoms with Gasteiger partial charge < -0.3 is 0 Å². The van der Waals surface area contributed by atoms with Gasteiger partial charge in [0.1, 0.15) is 0 Å².